The van der Waals surface area contributed by atoms with Gasteiger partial charge in [0.05, 0.1) is 19.8 Å². The van der Waals surface area contributed by atoms with Crippen LogP contribution < -0.4 is 5.32 Å². The zero-order valence-corrected chi connectivity index (χ0v) is 18.9. The Morgan fingerprint density at radius 3 is 2.19 bits per heavy atom. The van der Waals surface area contributed by atoms with Gasteiger partial charge in [-0.2, -0.15) is 13.2 Å². The summed E-state index contributed by atoms with van der Waals surface area (Å²) in [5.41, 5.74) is 0. The molecule has 0 bridgehead atoms. The summed E-state index contributed by atoms with van der Waals surface area (Å²) in [5, 5.41) is 3.19. The molecular formula is C17H34F3IN4O2. The van der Waals surface area contributed by atoms with E-state index in [1.54, 1.807) is 7.05 Å². The number of nitrogens with one attached hydrogen (secondary N) is 1. The van der Waals surface area contributed by atoms with Gasteiger partial charge in [-0.15, -0.1) is 24.0 Å². The van der Waals surface area contributed by atoms with Crippen LogP contribution in [0, 0.1) is 0 Å². The molecule has 1 saturated heterocycles. The topological polar surface area (TPSA) is 49.3 Å². The lowest BCUT2D eigenvalue weighted by Gasteiger charge is -2.39. The van der Waals surface area contributed by atoms with Crippen molar-refractivity contribution in [3.63, 3.8) is 0 Å². The average molecular weight is 510 g/mol. The minimum absolute atomic E-state index is 0. The zero-order valence-electron chi connectivity index (χ0n) is 16.6. The van der Waals surface area contributed by atoms with Crippen LogP contribution in [0.15, 0.2) is 4.99 Å². The molecule has 0 spiro atoms. The van der Waals surface area contributed by atoms with Crippen molar-refractivity contribution in [2.24, 2.45) is 4.99 Å². The number of hydrogen-bond donors (Lipinski definition) is 1. The predicted molar refractivity (Wildman–Crippen MR) is 112 cm³/mol. The molecule has 1 fully saturated rings. The van der Waals surface area contributed by atoms with Crippen LogP contribution in [0.4, 0.5) is 13.2 Å². The van der Waals surface area contributed by atoms with Crippen LogP contribution in [-0.4, -0.2) is 94.2 Å². The van der Waals surface area contributed by atoms with Gasteiger partial charge in [0.2, 0.25) is 0 Å². The molecule has 1 atom stereocenters. The van der Waals surface area contributed by atoms with Gasteiger partial charge in [-0.25, -0.2) is 0 Å². The van der Waals surface area contributed by atoms with Crippen LogP contribution in [-0.2, 0) is 9.47 Å². The molecule has 1 aliphatic heterocycles. The standard InChI is InChI=1S/C17H33F3N4O2.HI/c1-4-5-11-25-13-14-26-12-6-22-16(21-3)24-9-7-23(8-10-24)15(2)17(18,19)20;/h15H,4-14H2,1-3H3,(H,21,22);1H. The number of halogens is 4. The Bertz CT molecular complexity index is 406. The average Bonchev–Trinajstić information content (AvgIpc) is 2.62. The Hall–Kier alpha value is -0.330. The van der Waals surface area contributed by atoms with E-state index in [0.717, 1.165) is 19.4 Å². The Morgan fingerprint density at radius 2 is 1.67 bits per heavy atom. The van der Waals surface area contributed by atoms with Crippen molar-refractivity contribution < 1.29 is 22.6 Å². The predicted octanol–water partition coefficient (Wildman–Crippen LogP) is 2.58. The number of guanidine groups is 1. The van der Waals surface area contributed by atoms with Gasteiger partial charge in [-0.05, 0) is 13.3 Å². The smallest absolute Gasteiger partial charge is 0.379 e. The maximum atomic E-state index is 12.8. The van der Waals surface area contributed by atoms with Crippen molar-refractivity contribution >= 4 is 29.9 Å². The van der Waals surface area contributed by atoms with Gasteiger partial charge in [0.25, 0.3) is 0 Å². The lowest BCUT2D eigenvalue weighted by Crippen LogP contribution is -2.57. The van der Waals surface area contributed by atoms with Gasteiger partial charge in [0.15, 0.2) is 5.96 Å². The zero-order chi connectivity index (χ0) is 19.4. The fourth-order valence-electron chi connectivity index (χ4n) is 2.66. The van der Waals surface area contributed by atoms with E-state index in [0.29, 0.717) is 58.5 Å². The van der Waals surface area contributed by atoms with Gasteiger partial charge in [0.1, 0.15) is 6.04 Å². The molecule has 1 unspecified atom stereocenters. The maximum absolute atomic E-state index is 12.8. The quantitative estimate of drug-likeness (QED) is 0.212. The molecule has 162 valence electrons. The van der Waals surface area contributed by atoms with E-state index >= 15 is 0 Å². The van der Waals surface area contributed by atoms with Crippen LogP contribution in [0.25, 0.3) is 0 Å². The molecule has 27 heavy (non-hydrogen) atoms. The third-order valence-electron chi connectivity index (χ3n) is 4.39. The maximum Gasteiger partial charge on any atom is 0.403 e. The number of rotatable bonds is 10. The van der Waals surface area contributed by atoms with Gasteiger partial charge in [-0.3, -0.25) is 9.89 Å². The molecule has 1 aliphatic rings. The largest absolute Gasteiger partial charge is 0.403 e. The number of hydrogen-bond acceptors (Lipinski definition) is 4. The highest BCUT2D eigenvalue weighted by atomic mass is 127. The first-order valence-corrected chi connectivity index (χ1v) is 9.32. The summed E-state index contributed by atoms with van der Waals surface area (Å²) in [6, 6.07) is -1.41. The first-order valence-electron chi connectivity index (χ1n) is 9.32. The van der Waals surface area contributed by atoms with Crippen LogP contribution in [0.5, 0.6) is 0 Å². The van der Waals surface area contributed by atoms with E-state index < -0.39 is 12.2 Å². The third-order valence-corrected chi connectivity index (χ3v) is 4.39. The monoisotopic (exact) mass is 510 g/mol. The van der Waals surface area contributed by atoms with E-state index in [1.807, 2.05) is 4.90 Å². The van der Waals surface area contributed by atoms with Crippen LogP contribution in [0.1, 0.15) is 26.7 Å². The summed E-state index contributed by atoms with van der Waals surface area (Å²) in [7, 11) is 1.68. The van der Waals surface area contributed by atoms with E-state index in [9.17, 15) is 13.2 Å². The Balaban J connectivity index is 0.00000676. The second-order valence-corrected chi connectivity index (χ2v) is 6.29. The highest BCUT2D eigenvalue weighted by Gasteiger charge is 2.41. The summed E-state index contributed by atoms with van der Waals surface area (Å²) in [5.74, 6) is 0.701. The molecule has 10 heteroatoms. The highest BCUT2D eigenvalue weighted by Crippen LogP contribution is 2.25. The Kier molecular flexibility index (Phi) is 14.5. The van der Waals surface area contributed by atoms with Crippen molar-refractivity contribution in [1.82, 2.24) is 15.1 Å². The highest BCUT2D eigenvalue weighted by molar-refractivity contribution is 14.0. The second-order valence-electron chi connectivity index (χ2n) is 6.29. The summed E-state index contributed by atoms with van der Waals surface area (Å²) in [6.07, 6.45) is -2.00. The number of unbranched alkanes of at least 4 members (excludes halogenated alkanes) is 1. The van der Waals surface area contributed by atoms with Crippen molar-refractivity contribution in [3.05, 3.63) is 0 Å². The molecule has 0 aromatic heterocycles. The third kappa shape index (κ3) is 10.7. The Labute approximate surface area is 177 Å². The van der Waals surface area contributed by atoms with Crippen molar-refractivity contribution in [2.45, 2.75) is 38.9 Å². The van der Waals surface area contributed by atoms with Crippen molar-refractivity contribution in [2.75, 3.05) is 66.2 Å². The van der Waals surface area contributed by atoms with E-state index in [4.69, 9.17) is 9.47 Å². The van der Waals surface area contributed by atoms with Crippen LogP contribution in [0.3, 0.4) is 0 Å². The summed E-state index contributed by atoms with van der Waals surface area (Å²) in [6.45, 7) is 8.15. The van der Waals surface area contributed by atoms with Crippen molar-refractivity contribution in [1.29, 1.82) is 0 Å². The molecule has 0 amide bonds. The lowest BCUT2D eigenvalue weighted by molar-refractivity contribution is -0.181. The van der Waals surface area contributed by atoms with E-state index in [-0.39, 0.29) is 24.0 Å². The van der Waals surface area contributed by atoms with Crippen LogP contribution in [0.2, 0.25) is 0 Å². The number of alkyl halides is 3. The Morgan fingerprint density at radius 1 is 1.07 bits per heavy atom. The van der Waals surface area contributed by atoms with Gasteiger partial charge < -0.3 is 19.7 Å². The first-order chi connectivity index (χ1) is 12.4. The minimum atomic E-state index is -4.18. The first kappa shape index (κ1) is 26.7. The fraction of sp³-hybridized carbons (Fsp3) is 0.941. The number of nitrogens with zero attached hydrogens (tertiary/aromatic N) is 3. The SMILES string of the molecule is CCCCOCCOCCNC(=NC)N1CCN(C(C)C(F)(F)F)CC1.I. The van der Waals surface area contributed by atoms with Gasteiger partial charge in [0, 0.05) is 46.4 Å². The fourth-order valence-corrected chi connectivity index (χ4v) is 2.66. The minimum Gasteiger partial charge on any atom is -0.379 e. The van der Waals surface area contributed by atoms with E-state index in [1.165, 1.54) is 11.8 Å². The van der Waals surface area contributed by atoms with Crippen LogP contribution >= 0.6 is 24.0 Å². The molecule has 0 aromatic carbocycles. The van der Waals surface area contributed by atoms with Crippen molar-refractivity contribution in [3.8, 4) is 0 Å². The number of aliphatic imine (C=N–C) groups is 1. The number of piperazine rings is 1. The molecule has 6 nitrogen and oxygen atoms in total. The van der Waals surface area contributed by atoms with Gasteiger partial charge in [-0.1, -0.05) is 13.3 Å². The van der Waals surface area contributed by atoms with Gasteiger partial charge >= 0.3 is 6.18 Å². The second kappa shape index (κ2) is 14.6. The summed E-state index contributed by atoms with van der Waals surface area (Å²) in [4.78, 5) is 7.65. The molecule has 0 aliphatic carbocycles. The molecular weight excluding hydrogens is 476 g/mol. The summed E-state index contributed by atoms with van der Waals surface area (Å²) >= 11 is 0. The van der Waals surface area contributed by atoms with E-state index in [2.05, 4.69) is 17.2 Å². The molecule has 1 rings (SSSR count). The molecule has 0 aromatic rings. The number of ether oxygens (including phenoxy) is 2. The molecule has 1 N–H and O–H groups in total. The lowest BCUT2D eigenvalue weighted by atomic mass is 10.2. The summed E-state index contributed by atoms with van der Waals surface area (Å²) < 4.78 is 49.3. The molecule has 0 radical (unpaired) electrons. The molecule has 1 heterocycles. The normalized spacial score (nSPS) is 17.6. The molecule has 0 saturated carbocycles.